The van der Waals surface area contributed by atoms with Gasteiger partial charge in [-0.3, -0.25) is 23.5 Å². The number of nitrogens with one attached hydrogen (secondary N) is 1. The molecule has 0 bridgehead atoms. The van der Waals surface area contributed by atoms with E-state index in [1.807, 2.05) is 4.90 Å². The monoisotopic (exact) mass is 470 g/mol. The third-order valence-electron chi connectivity index (χ3n) is 6.91. The molecule has 2 aliphatic heterocycles. The van der Waals surface area contributed by atoms with E-state index in [9.17, 15) is 19.2 Å². The molecular weight excluding hydrogens is 440 g/mol. The Morgan fingerprint density at radius 3 is 2.59 bits per heavy atom. The van der Waals surface area contributed by atoms with E-state index in [-0.39, 0.29) is 30.1 Å². The molecule has 182 valence electrons. The molecule has 4 heterocycles. The molecule has 11 nitrogen and oxygen atoms in total. The van der Waals surface area contributed by atoms with E-state index in [4.69, 9.17) is 4.74 Å². The first-order valence-electron chi connectivity index (χ1n) is 11.9. The minimum Gasteiger partial charge on any atom is -0.376 e. The normalized spacial score (nSPS) is 20.7. The third-order valence-corrected chi connectivity index (χ3v) is 6.91. The second-order valence-corrected chi connectivity index (χ2v) is 9.29. The van der Waals surface area contributed by atoms with Gasteiger partial charge in [-0.15, -0.1) is 0 Å². The van der Waals surface area contributed by atoms with Crippen LogP contribution in [0.1, 0.15) is 25.7 Å². The summed E-state index contributed by atoms with van der Waals surface area (Å²) < 4.78 is 7.78. The number of anilines is 1. The molecule has 2 saturated heterocycles. The molecule has 3 aliphatic rings. The fourth-order valence-electron chi connectivity index (χ4n) is 4.79. The highest BCUT2D eigenvalue weighted by Crippen LogP contribution is 2.32. The van der Waals surface area contributed by atoms with Gasteiger partial charge in [0.1, 0.15) is 11.9 Å². The van der Waals surface area contributed by atoms with Gasteiger partial charge in [0.2, 0.25) is 11.8 Å². The topological polar surface area (TPSA) is 119 Å². The number of piperazine rings is 1. The highest BCUT2D eigenvalue weighted by atomic mass is 16.5. The fraction of sp³-hybridized carbons (Fsp3) is 0.609. The molecule has 5 rings (SSSR count). The van der Waals surface area contributed by atoms with Crippen LogP contribution in [-0.2, 0) is 27.9 Å². The van der Waals surface area contributed by atoms with Crippen molar-refractivity contribution in [3.63, 3.8) is 0 Å². The van der Waals surface area contributed by atoms with Crippen molar-refractivity contribution in [3.8, 4) is 0 Å². The smallest absolute Gasteiger partial charge is 0.332 e. The van der Waals surface area contributed by atoms with Crippen molar-refractivity contribution >= 4 is 28.5 Å². The highest BCUT2D eigenvalue weighted by molar-refractivity contribution is 5.89. The molecule has 1 atom stereocenters. The number of nitrogens with zero attached hydrogens (tertiary/aromatic N) is 5. The average Bonchev–Trinajstić information content (AvgIpc) is 3.58. The van der Waals surface area contributed by atoms with E-state index in [1.54, 1.807) is 19.3 Å². The maximum atomic E-state index is 13.4. The highest BCUT2D eigenvalue weighted by Gasteiger charge is 2.35. The lowest BCUT2D eigenvalue weighted by molar-refractivity contribution is -0.132. The Hall–Kier alpha value is -3.21. The predicted octanol–water partition coefficient (Wildman–Crippen LogP) is -0.551. The fourth-order valence-corrected chi connectivity index (χ4v) is 4.79. The number of ether oxygens (including phenoxy) is 1. The largest absolute Gasteiger partial charge is 0.376 e. The van der Waals surface area contributed by atoms with Gasteiger partial charge in [-0.1, -0.05) is 0 Å². The Bertz CT molecular complexity index is 1220. The molecule has 3 fully saturated rings. The number of pyridine rings is 1. The number of aromatic nitrogens is 3. The summed E-state index contributed by atoms with van der Waals surface area (Å²) in [5.74, 6) is -0.00823. The molecule has 0 radical (unpaired) electrons. The lowest BCUT2D eigenvalue weighted by Gasteiger charge is -2.36. The number of carbonyl (C=O) groups is 2. The zero-order chi connectivity index (χ0) is 23.8. The van der Waals surface area contributed by atoms with E-state index >= 15 is 0 Å². The van der Waals surface area contributed by atoms with Gasteiger partial charge in [0, 0.05) is 58.5 Å². The van der Waals surface area contributed by atoms with Gasteiger partial charge in [-0.25, -0.2) is 9.78 Å². The average molecular weight is 471 g/mol. The summed E-state index contributed by atoms with van der Waals surface area (Å²) in [5.41, 5.74) is -0.183. The van der Waals surface area contributed by atoms with Crippen LogP contribution in [0.2, 0.25) is 0 Å². The Kier molecular flexibility index (Phi) is 6.11. The Morgan fingerprint density at radius 2 is 1.91 bits per heavy atom. The molecule has 2 aromatic heterocycles. The molecule has 11 heteroatoms. The number of rotatable bonds is 6. The van der Waals surface area contributed by atoms with Gasteiger partial charge in [0.25, 0.3) is 5.56 Å². The standard InChI is InChI=1S/C23H30N6O5/c1-26-20-19(22(32)29(23(26)33)14-18(30)25-13-16-3-2-12-34-16)17(6-7-24-20)27-8-10-28(11-9-27)21(31)15-4-5-15/h6-7,15-16H,2-5,8-14H2,1H3,(H,25,30)/t16-/m1/s1. The second-order valence-electron chi connectivity index (χ2n) is 9.29. The maximum absolute atomic E-state index is 13.4. The van der Waals surface area contributed by atoms with E-state index in [2.05, 4.69) is 15.2 Å². The van der Waals surface area contributed by atoms with Crippen molar-refractivity contribution in [3.05, 3.63) is 33.1 Å². The molecule has 34 heavy (non-hydrogen) atoms. The molecule has 2 aromatic rings. The van der Waals surface area contributed by atoms with Crippen LogP contribution in [-0.4, -0.2) is 76.3 Å². The third kappa shape index (κ3) is 4.31. The van der Waals surface area contributed by atoms with Crippen molar-refractivity contribution < 1.29 is 14.3 Å². The number of fused-ring (bicyclic) bond motifs is 1. The SMILES string of the molecule is Cn1c(=O)n(CC(=O)NC[C@H]2CCCO2)c(=O)c2c(N3CCN(C(=O)C4CC4)CC3)ccnc21. The van der Waals surface area contributed by atoms with Crippen molar-refractivity contribution in [1.29, 1.82) is 0 Å². The quantitative estimate of drug-likeness (QED) is 0.602. The van der Waals surface area contributed by atoms with Crippen molar-refractivity contribution in [2.45, 2.75) is 38.3 Å². The summed E-state index contributed by atoms with van der Waals surface area (Å²) in [6.07, 6.45) is 5.35. The minimum atomic E-state index is -0.589. The number of aryl methyl sites for hydroxylation is 1. The molecule has 0 spiro atoms. The predicted molar refractivity (Wildman–Crippen MR) is 125 cm³/mol. The lowest BCUT2D eigenvalue weighted by Crippen LogP contribution is -2.50. The molecule has 0 unspecified atom stereocenters. The zero-order valence-corrected chi connectivity index (χ0v) is 19.4. The second kappa shape index (κ2) is 9.21. The molecule has 1 N–H and O–H groups in total. The Morgan fingerprint density at radius 1 is 1.15 bits per heavy atom. The van der Waals surface area contributed by atoms with Gasteiger partial charge < -0.3 is 19.9 Å². The zero-order valence-electron chi connectivity index (χ0n) is 19.4. The van der Waals surface area contributed by atoms with Crippen LogP contribution < -0.4 is 21.5 Å². The first-order chi connectivity index (χ1) is 16.4. The van der Waals surface area contributed by atoms with Gasteiger partial charge >= 0.3 is 5.69 Å². The van der Waals surface area contributed by atoms with Crippen LogP contribution in [0.15, 0.2) is 21.9 Å². The van der Waals surface area contributed by atoms with E-state index in [0.29, 0.717) is 50.4 Å². The molecule has 2 amide bonds. The number of hydrogen-bond donors (Lipinski definition) is 1. The summed E-state index contributed by atoms with van der Waals surface area (Å²) in [7, 11) is 1.55. The van der Waals surface area contributed by atoms with Crippen LogP contribution in [0.3, 0.4) is 0 Å². The van der Waals surface area contributed by atoms with Gasteiger partial charge in [-0.2, -0.15) is 0 Å². The molecule has 1 aliphatic carbocycles. The van der Waals surface area contributed by atoms with Gasteiger partial charge in [0.15, 0.2) is 5.65 Å². The van der Waals surface area contributed by atoms with Crippen molar-refractivity contribution in [2.24, 2.45) is 13.0 Å². The van der Waals surface area contributed by atoms with Gasteiger partial charge in [-0.05, 0) is 31.7 Å². The molecule has 0 aromatic carbocycles. The number of carbonyl (C=O) groups excluding carboxylic acids is 2. The van der Waals surface area contributed by atoms with E-state index in [0.717, 1.165) is 30.3 Å². The van der Waals surface area contributed by atoms with E-state index in [1.165, 1.54) is 4.57 Å². The summed E-state index contributed by atoms with van der Waals surface area (Å²) in [6.45, 7) is 3.02. The van der Waals surface area contributed by atoms with Crippen LogP contribution in [0.25, 0.3) is 11.0 Å². The maximum Gasteiger partial charge on any atom is 0.332 e. The van der Waals surface area contributed by atoms with Crippen LogP contribution in [0, 0.1) is 5.92 Å². The first kappa shape index (κ1) is 22.6. The summed E-state index contributed by atoms with van der Waals surface area (Å²) in [4.78, 5) is 59.5. The Balaban J connectivity index is 1.39. The summed E-state index contributed by atoms with van der Waals surface area (Å²) in [5, 5.41) is 3.07. The molecule has 1 saturated carbocycles. The first-order valence-corrected chi connectivity index (χ1v) is 11.9. The number of hydrogen-bond acceptors (Lipinski definition) is 7. The Labute approximate surface area is 196 Å². The van der Waals surface area contributed by atoms with Crippen LogP contribution >= 0.6 is 0 Å². The van der Waals surface area contributed by atoms with Crippen molar-refractivity contribution in [1.82, 2.24) is 24.3 Å². The number of amides is 2. The van der Waals surface area contributed by atoms with Crippen LogP contribution in [0.5, 0.6) is 0 Å². The van der Waals surface area contributed by atoms with Gasteiger partial charge in [0.05, 0.1) is 11.8 Å². The lowest BCUT2D eigenvalue weighted by atomic mass is 10.2. The summed E-state index contributed by atoms with van der Waals surface area (Å²) in [6, 6.07) is 1.76. The van der Waals surface area contributed by atoms with E-state index < -0.39 is 17.2 Å². The summed E-state index contributed by atoms with van der Waals surface area (Å²) >= 11 is 0. The molecular formula is C23H30N6O5. The minimum absolute atomic E-state index is 0.0265. The van der Waals surface area contributed by atoms with Crippen molar-refractivity contribution in [2.75, 3.05) is 44.2 Å². The van der Waals surface area contributed by atoms with Crippen LogP contribution in [0.4, 0.5) is 5.69 Å².